The maximum Gasteiger partial charge on any atom is 0.154 e. The summed E-state index contributed by atoms with van der Waals surface area (Å²) in [7, 11) is -2.80. The van der Waals surface area contributed by atoms with Gasteiger partial charge in [-0.2, -0.15) is 0 Å². The van der Waals surface area contributed by atoms with Crippen LogP contribution in [0, 0.1) is 0 Å². The minimum absolute atomic E-state index is 0.141. The lowest BCUT2D eigenvalue weighted by atomic mass is 9.74. The fourth-order valence-corrected chi connectivity index (χ4v) is 5.29. The number of sulfone groups is 1. The van der Waals surface area contributed by atoms with Crippen LogP contribution in [-0.2, 0) is 14.6 Å². The second-order valence-corrected chi connectivity index (χ2v) is 8.51. The zero-order valence-corrected chi connectivity index (χ0v) is 11.7. The molecule has 2 atom stereocenters. The van der Waals surface area contributed by atoms with Crippen LogP contribution in [0.1, 0.15) is 44.9 Å². The van der Waals surface area contributed by atoms with E-state index in [0.29, 0.717) is 18.3 Å². The van der Waals surface area contributed by atoms with Gasteiger partial charge in [0.15, 0.2) is 9.84 Å². The average Bonchev–Trinajstić information content (AvgIpc) is 2.64. The van der Waals surface area contributed by atoms with Crippen molar-refractivity contribution in [1.29, 1.82) is 0 Å². The first-order chi connectivity index (χ1) is 8.60. The van der Waals surface area contributed by atoms with Gasteiger partial charge in [0.2, 0.25) is 0 Å². The number of nitrogens with one attached hydrogen (secondary N) is 1. The fraction of sp³-hybridized carbons (Fsp3) is 1.00. The van der Waals surface area contributed by atoms with Gasteiger partial charge in [-0.3, -0.25) is 0 Å². The van der Waals surface area contributed by atoms with Crippen molar-refractivity contribution in [2.75, 3.05) is 18.9 Å². The van der Waals surface area contributed by atoms with Crippen molar-refractivity contribution in [3.8, 4) is 0 Å². The summed E-state index contributed by atoms with van der Waals surface area (Å²) in [5, 5.41) is 3.34. The third-order valence-corrected chi connectivity index (χ3v) is 7.13. The molecular formula is C13H23NO3S. The second-order valence-electron chi connectivity index (χ2n) is 6.11. The topological polar surface area (TPSA) is 55.4 Å². The molecule has 0 aromatic rings. The molecule has 2 saturated heterocycles. The Bertz CT molecular complexity index is 402. The van der Waals surface area contributed by atoms with Crippen molar-refractivity contribution in [2.24, 2.45) is 0 Å². The molecule has 4 nitrogen and oxygen atoms in total. The molecule has 3 aliphatic rings. The van der Waals surface area contributed by atoms with Crippen molar-refractivity contribution in [3.05, 3.63) is 0 Å². The van der Waals surface area contributed by atoms with Crippen molar-refractivity contribution in [2.45, 2.75) is 61.8 Å². The molecule has 0 aromatic carbocycles. The van der Waals surface area contributed by atoms with E-state index in [4.69, 9.17) is 4.74 Å². The summed E-state index contributed by atoms with van der Waals surface area (Å²) in [6.07, 6.45) is 7.42. The summed E-state index contributed by atoms with van der Waals surface area (Å²) in [5.74, 6) is 0.386. The van der Waals surface area contributed by atoms with Crippen LogP contribution >= 0.6 is 0 Å². The molecule has 2 unspecified atom stereocenters. The Morgan fingerprint density at radius 3 is 2.67 bits per heavy atom. The minimum Gasteiger partial charge on any atom is -0.375 e. The lowest BCUT2D eigenvalue weighted by Crippen LogP contribution is -2.52. The van der Waals surface area contributed by atoms with E-state index in [-0.39, 0.29) is 10.9 Å². The highest BCUT2D eigenvalue weighted by molar-refractivity contribution is 7.92. The Balaban J connectivity index is 1.51. The molecule has 1 N–H and O–H groups in total. The lowest BCUT2D eigenvalue weighted by molar-refractivity contribution is -0.135. The van der Waals surface area contributed by atoms with Gasteiger partial charge >= 0.3 is 0 Å². The Morgan fingerprint density at radius 2 is 2.06 bits per heavy atom. The summed E-state index contributed by atoms with van der Waals surface area (Å²) < 4.78 is 29.4. The van der Waals surface area contributed by atoms with Crippen LogP contribution in [0.3, 0.4) is 0 Å². The van der Waals surface area contributed by atoms with Gasteiger partial charge in [-0.15, -0.1) is 0 Å². The van der Waals surface area contributed by atoms with Crippen LogP contribution in [-0.4, -0.2) is 44.2 Å². The lowest BCUT2D eigenvalue weighted by Gasteiger charge is -2.47. The molecule has 0 amide bonds. The van der Waals surface area contributed by atoms with Gasteiger partial charge in [0, 0.05) is 19.2 Å². The van der Waals surface area contributed by atoms with Crippen LogP contribution < -0.4 is 5.32 Å². The third-order valence-electron chi connectivity index (χ3n) is 4.85. The van der Waals surface area contributed by atoms with Crippen molar-refractivity contribution < 1.29 is 13.2 Å². The van der Waals surface area contributed by atoms with Crippen LogP contribution in [0.25, 0.3) is 0 Å². The first-order valence-corrected chi connectivity index (χ1v) is 8.90. The molecule has 0 bridgehead atoms. The summed E-state index contributed by atoms with van der Waals surface area (Å²) in [6.45, 7) is 1.47. The van der Waals surface area contributed by atoms with Crippen LogP contribution in [0.5, 0.6) is 0 Å². The zero-order valence-electron chi connectivity index (χ0n) is 10.9. The molecule has 1 spiro atoms. The largest absolute Gasteiger partial charge is 0.375 e. The molecule has 3 fully saturated rings. The second kappa shape index (κ2) is 4.76. The molecule has 1 aliphatic carbocycles. The van der Waals surface area contributed by atoms with E-state index in [1.807, 2.05) is 0 Å². The van der Waals surface area contributed by atoms with E-state index in [1.54, 1.807) is 0 Å². The summed E-state index contributed by atoms with van der Waals surface area (Å²) in [4.78, 5) is 0. The predicted octanol–water partition coefficient (Wildman–Crippen LogP) is 1.25. The van der Waals surface area contributed by atoms with Gasteiger partial charge in [0.25, 0.3) is 0 Å². The molecule has 0 radical (unpaired) electrons. The van der Waals surface area contributed by atoms with Gasteiger partial charge in [0.1, 0.15) is 0 Å². The Morgan fingerprint density at radius 1 is 1.22 bits per heavy atom. The normalized spacial score (nSPS) is 37.6. The van der Waals surface area contributed by atoms with E-state index in [1.165, 1.54) is 19.3 Å². The molecule has 2 aliphatic heterocycles. The van der Waals surface area contributed by atoms with Gasteiger partial charge in [-0.25, -0.2) is 8.42 Å². The molecule has 18 heavy (non-hydrogen) atoms. The van der Waals surface area contributed by atoms with Crippen LogP contribution in [0.15, 0.2) is 0 Å². The maximum atomic E-state index is 11.8. The third kappa shape index (κ3) is 2.45. The molecule has 3 rings (SSSR count). The monoisotopic (exact) mass is 273 g/mol. The highest BCUT2D eigenvalue weighted by Crippen LogP contribution is 2.42. The number of hydrogen-bond donors (Lipinski definition) is 1. The quantitative estimate of drug-likeness (QED) is 0.841. The number of ether oxygens (including phenoxy) is 1. The highest BCUT2D eigenvalue weighted by atomic mass is 32.2. The first kappa shape index (κ1) is 12.9. The molecule has 104 valence electrons. The number of hydrogen-bond acceptors (Lipinski definition) is 4. The molecule has 0 aromatic heterocycles. The fourth-order valence-electron chi connectivity index (χ4n) is 3.51. The highest BCUT2D eigenvalue weighted by Gasteiger charge is 2.42. The van der Waals surface area contributed by atoms with Crippen LogP contribution in [0.2, 0.25) is 0 Å². The number of rotatable bonds is 3. The average molecular weight is 273 g/mol. The Hall–Kier alpha value is -0.130. The van der Waals surface area contributed by atoms with Gasteiger partial charge in [0.05, 0.1) is 16.6 Å². The van der Waals surface area contributed by atoms with Gasteiger partial charge in [-0.05, 0) is 44.9 Å². The molecule has 2 heterocycles. The summed E-state index contributed by atoms with van der Waals surface area (Å²) in [5.41, 5.74) is 0.143. The van der Waals surface area contributed by atoms with Crippen molar-refractivity contribution in [3.63, 3.8) is 0 Å². The predicted molar refractivity (Wildman–Crippen MR) is 70.4 cm³/mol. The van der Waals surface area contributed by atoms with Crippen molar-refractivity contribution >= 4 is 9.84 Å². The van der Waals surface area contributed by atoms with Gasteiger partial charge < -0.3 is 10.1 Å². The zero-order chi connectivity index (χ0) is 12.6. The molecular weight excluding hydrogens is 250 g/mol. The van der Waals surface area contributed by atoms with E-state index in [2.05, 4.69) is 5.32 Å². The summed E-state index contributed by atoms with van der Waals surface area (Å²) >= 11 is 0. The summed E-state index contributed by atoms with van der Waals surface area (Å²) in [6, 6.07) is 0.454. The van der Waals surface area contributed by atoms with Crippen LogP contribution in [0.4, 0.5) is 0 Å². The molecule has 1 saturated carbocycles. The minimum atomic E-state index is -2.80. The Labute approximate surface area is 109 Å². The van der Waals surface area contributed by atoms with Crippen molar-refractivity contribution in [1.82, 2.24) is 5.32 Å². The SMILES string of the molecule is O=S1(=O)CCCC1CNC1CCOC2(CCC2)C1. The van der Waals surface area contributed by atoms with E-state index in [0.717, 1.165) is 32.3 Å². The Kier molecular flexibility index (Phi) is 3.41. The smallest absolute Gasteiger partial charge is 0.154 e. The standard InChI is InChI=1S/C13H23NO3S/c15-18(16)8-1-3-12(18)10-14-11-4-7-17-13(9-11)5-2-6-13/h11-12,14H,1-10H2. The molecule has 5 heteroatoms. The van der Waals surface area contributed by atoms with E-state index >= 15 is 0 Å². The maximum absolute atomic E-state index is 11.8. The van der Waals surface area contributed by atoms with Gasteiger partial charge in [-0.1, -0.05) is 0 Å². The van der Waals surface area contributed by atoms with E-state index < -0.39 is 9.84 Å². The van der Waals surface area contributed by atoms with E-state index in [9.17, 15) is 8.42 Å². The first-order valence-electron chi connectivity index (χ1n) is 7.19.